The third kappa shape index (κ3) is 7.57. The number of carbonyl (C=O) groups excluding carboxylic acids is 1. The van der Waals surface area contributed by atoms with Gasteiger partial charge < -0.3 is 16.0 Å². The van der Waals surface area contributed by atoms with Crippen LogP contribution in [0.25, 0.3) is 10.9 Å². The maximum atomic E-state index is 12.9. The van der Waals surface area contributed by atoms with Crippen molar-refractivity contribution in [3.63, 3.8) is 0 Å². The second-order valence-electron chi connectivity index (χ2n) is 10.6. The van der Waals surface area contributed by atoms with Crippen molar-refractivity contribution >= 4 is 53.4 Å². The molecule has 0 spiro atoms. The minimum absolute atomic E-state index is 0. The van der Waals surface area contributed by atoms with E-state index in [9.17, 15) is 4.79 Å². The molecule has 11 heteroatoms. The average molecular weight is 541 g/mol. The number of nitrogens with zero attached hydrogens (tertiary/aromatic N) is 3. The molecule has 0 radical (unpaired) electrons. The van der Waals surface area contributed by atoms with Crippen molar-refractivity contribution in [3.8, 4) is 0 Å². The van der Waals surface area contributed by atoms with Crippen LogP contribution in [-0.4, -0.2) is 58.7 Å². The normalized spacial score (nSPS) is 19.7. The minimum Gasteiger partial charge on any atom is -0.365 e. The van der Waals surface area contributed by atoms with Crippen molar-refractivity contribution in [2.24, 2.45) is 5.41 Å². The molecule has 1 aliphatic heterocycles. The summed E-state index contributed by atoms with van der Waals surface area (Å²) in [6.45, 7) is 10.2. The van der Waals surface area contributed by atoms with Gasteiger partial charge in [-0.15, -0.1) is 24.8 Å². The highest BCUT2D eigenvalue weighted by Crippen LogP contribution is 2.27. The van der Waals surface area contributed by atoms with Gasteiger partial charge in [-0.2, -0.15) is 0 Å². The summed E-state index contributed by atoms with van der Waals surface area (Å²) in [5.74, 6) is 0.868. The lowest BCUT2D eigenvalue weighted by Gasteiger charge is -2.35. The van der Waals surface area contributed by atoms with E-state index in [1.807, 2.05) is 19.1 Å². The van der Waals surface area contributed by atoms with Gasteiger partial charge in [-0.05, 0) is 43.7 Å². The maximum absolute atomic E-state index is 12.9. The second kappa shape index (κ2) is 12.7. The topological polar surface area (TPSA) is 115 Å². The Morgan fingerprint density at radius 2 is 1.86 bits per heavy atom. The molecule has 36 heavy (non-hydrogen) atoms. The first-order valence-corrected chi connectivity index (χ1v) is 12.3. The summed E-state index contributed by atoms with van der Waals surface area (Å²) in [6, 6.07) is 6.13. The first-order chi connectivity index (χ1) is 16.2. The zero-order chi connectivity index (χ0) is 24.3. The molecule has 1 aromatic carbocycles. The van der Waals surface area contributed by atoms with E-state index >= 15 is 0 Å². The van der Waals surface area contributed by atoms with Crippen LogP contribution in [-0.2, 0) is 4.84 Å². The molecule has 4 N–H and O–H groups in total. The highest BCUT2D eigenvalue weighted by atomic mass is 35.5. The average Bonchev–Trinajstić information content (AvgIpc) is 3.33. The van der Waals surface area contributed by atoms with E-state index < -0.39 is 0 Å². The summed E-state index contributed by atoms with van der Waals surface area (Å²) in [4.78, 5) is 27.6. The molecule has 1 aliphatic carbocycles. The molecule has 200 valence electrons. The number of hydroxylamine groups is 2. The van der Waals surface area contributed by atoms with E-state index in [1.165, 1.54) is 0 Å². The number of amides is 1. The van der Waals surface area contributed by atoms with Crippen molar-refractivity contribution < 1.29 is 9.63 Å². The largest absolute Gasteiger partial charge is 0.365 e. The van der Waals surface area contributed by atoms with Crippen LogP contribution in [0.4, 0.5) is 5.82 Å². The summed E-state index contributed by atoms with van der Waals surface area (Å²) >= 11 is 0. The standard InChI is InChI=1S/C25H37N7O2.2ClH/c1-16-10-11-18-17(14-16)21(31-22(28-18)23(33)27-15-25(2,3)4)29-19-8-5-6-9-20(19)30-24(26)32-12-7-13-34-32;;/h10-11,14,19-20H,5-9,12-13,15H2,1-4H3,(H2,26,30)(H,27,33)(H,28,29,31);2*1H/t19-,20+;;/m0../s1. The number of guanidine groups is 1. The van der Waals surface area contributed by atoms with Crippen LogP contribution >= 0.6 is 24.8 Å². The third-order valence-corrected chi connectivity index (χ3v) is 6.25. The van der Waals surface area contributed by atoms with E-state index in [0.29, 0.717) is 24.9 Å². The predicted octanol–water partition coefficient (Wildman–Crippen LogP) is 4.44. The van der Waals surface area contributed by atoms with Crippen LogP contribution < -0.4 is 16.0 Å². The van der Waals surface area contributed by atoms with E-state index in [0.717, 1.165) is 55.1 Å². The highest BCUT2D eigenvalue weighted by molar-refractivity contribution is 5.96. The fraction of sp³-hybridized carbons (Fsp3) is 0.600. The number of hydrogen-bond donors (Lipinski definition) is 4. The smallest absolute Gasteiger partial charge is 0.289 e. The molecule has 4 rings (SSSR count). The van der Waals surface area contributed by atoms with Gasteiger partial charge in [-0.1, -0.05) is 45.2 Å². The van der Waals surface area contributed by atoms with Gasteiger partial charge in [0, 0.05) is 24.0 Å². The Bertz CT molecular complexity index is 1050. The molecule has 2 aromatic rings. The molecule has 2 atom stereocenters. The summed E-state index contributed by atoms with van der Waals surface area (Å²) in [5.41, 5.74) is 1.81. The fourth-order valence-electron chi connectivity index (χ4n) is 4.40. The number of hydrogen-bond acceptors (Lipinski definition) is 6. The van der Waals surface area contributed by atoms with Gasteiger partial charge in [0.2, 0.25) is 11.8 Å². The van der Waals surface area contributed by atoms with Crippen LogP contribution in [0.5, 0.6) is 0 Å². The lowest BCUT2D eigenvalue weighted by molar-refractivity contribution is -0.0489. The van der Waals surface area contributed by atoms with Crippen LogP contribution in [0, 0.1) is 17.7 Å². The molecule has 2 fully saturated rings. The Hall–Kier alpha value is -2.36. The number of nitrogens with one attached hydrogen (secondary N) is 4. The van der Waals surface area contributed by atoms with Crippen molar-refractivity contribution in [1.29, 1.82) is 5.41 Å². The number of carbonyl (C=O) groups is 1. The summed E-state index contributed by atoms with van der Waals surface area (Å²) in [6.07, 6.45) is 5.05. The molecule has 1 saturated heterocycles. The van der Waals surface area contributed by atoms with Crippen molar-refractivity contribution in [2.75, 3.05) is 25.0 Å². The highest BCUT2D eigenvalue weighted by Gasteiger charge is 2.29. The molecule has 0 unspecified atom stereocenters. The van der Waals surface area contributed by atoms with Gasteiger partial charge in [0.25, 0.3) is 5.91 Å². The van der Waals surface area contributed by atoms with E-state index in [1.54, 1.807) is 5.06 Å². The number of rotatable bonds is 5. The van der Waals surface area contributed by atoms with Crippen molar-refractivity contribution in [3.05, 3.63) is 29.6 Å². The van der Waals surface area contributed by atoms with Crippen molar-refractivity contribution in [1.82, 2.24) is 25.7 Å². The predicted molar refractivity (Wildman–Crippen MR) is 148 cm³/mol. The van der Waals surface area contributed by atoms with Gasteiger partial charge in [-0.3, -0.25) is 15.0 Å². The molecular formula is C25H39Cl2N7O2. The number of aromatic nitrogens is 2. The molecule has 0 bridgehead atoms. The first-order valence-electron chi connectivity index (χ1n) is 12.3. The Morgan fingerprint density at radius 3 is 2.53 bits per heavy atom. The van der Waals surface area contributed by atoms with E-state index in [4.69, 9.17) is 10.2 Å². The Labute approximate surface area is 225 Å². The summed E-state index contributed by atoms with van der Waals surface area (Å²) in [5, 5.41) is 20.9. The number of anilines is 1. The Morgan fingerprint density at radius 1 is 1.14 bits per heavy atom. The van der Waals surface area contributed by atoms with Gasteiger partial charge >= 0.3 is 0 Å². The lowest BCUT2D eigenvalue weighted by Crippen LogP contribution is -2.52. The van der Waals surface area contributed by atoms with Crippen molar-refractivity contribution in [2.45, 2.75) is 71.9 Å². The number of aryl methyl sites for hydroxylation is 1. The zero-order valence-corrected chi connectivity index (χ0v) is 23.2. The molecule has 1 aromatic heterocycles. The molecule has 2 aliphatic rings. The molecule has 9 nitrogen and oxygen atoms in total. The van der Waals surface area contributed by atoms with Crippen LogP contribution in [0.15, 0.2) is 18.2 Å². The number of fused-ring (bicyclic) bond motifs is 1. The fourth-order valence-corrected chi connectivity index (χ4v) is 4.40. The monoisotopic (exact) mass is 539 g/mol. The van der Waals surface area contributed by atoms with Crippen LogP contribution in [0.1, 0.15) is 69.1 Å². The van der Waals surface area contributed by atoms with Crippen LogP contribution in [0.2, 0.25) is 0 Å². The minimum atomic E-state index is -0.272. The molecule has 2 heterocycles. The summed E-state index contributed by atoms with van der Waals surface area (Å²) in [7, 11) is 0. The van der Waals surface area contributed by atoms with Gasteiger partial charge in [0.05, 0.1) is 18.7 Å². The van der Waals surface area contributed by atoms with Gasteiger partial charge in [0.1, 0.15) is 5.82 Å². The van der Waals surface area contributed by atoms with Crippen LogP contribution in [0.3, 0.4) is 0 Å². The maximum Gasteiger partial charge on any atom is 0.289 e. The lowest BCUT2D eigenvalue weighted by atomic mass is 9.90. The second-order valence-corrected chi connectivity index (χ2v) is 10.6. The SMILES string of the molecule is Cc1ccc2nc(C(=O)NCC(C)(C)C)nc(N[C@H]3CCCC[C@H]3NC(=N)N3CCCO3)c2c1.Cl.Cl. The third-order valence-electron chi connectivity index (χ3n) is 6.25. The Balaban J connectivity index is 0.00000228. The molecule has 1 amide bonds. The first kappa shape index (κ1) is 29.9. The zero-order valence-electron chi connectivity index (χ0n) is 21.5. The summed E-state index contributed by atoms with van der Waals surface area (Å²) < 4.78 is 0. The number of benzene rings is 1. The molecular weight excluding hydrogens is 501 g/mol. The van der Waals surface area contributed by atoms with Gasteiger partial charge in [0.15, 0.2) is 0 Å². The van der Waals surface area contributed by atoms with Gasteiger partial charge in [-0.25, -0.2) is 15.0 Å². The number of halogens is 2. The quantitative estimate of drug-likeness (QED) is 0.327. The molecule has 1 saturated carbocycles. The van der Waals surface area contributed by atoms with E-state index in [2.05, 4.69) is 52.8 Å². The van der Waals surface area contributed by atoms with E-state index in [-0.39, 0.29) is 54.0 Å². The Kier molecular flexibility index (Phi) is 10.6.